The number of nitrogens with one attached hydrogen (secondary N) is 1. The fourth-order valence-electron chi connectivity index (χ4n) is 2.32. The van der Waals surface area contributed by atoms with Gasteiger partial charge in [0.1, 0.15) is 5.75 Å². The van der Waals surface area contributed by atoms with Crippen LogP contribution in [0.1, 0.15) is 15.9 Å². The van der Waals surface area contributed by atoms with Crippen molar-refractivity contribution in [3.05, 3.63) is 45.9 Å². The molecule has 0 spiro atoms. The summed E-state index contributed by atoms with van der Waals surface area (Å²) in [4.78, 5) is 12.5. The maximum Gasteiger partial charge on any atom is 0.252 e. The molecule has 0 aliphatic carbocycles. The van der Waals surface area contributed by atoms with Crippen LogP contribution in [0.15, 0.2) is 34.8 Å². The lowest BCUT2D eigenvalue weighted by atomic mass is 10.1. The topological polar surface area (TPSA) is 66.0 Å². The Balaban J connectivity index is 2.19. The van der Waals surface area contributed by atoms with Gasteiger partial charge in [-0.2, -0.15) is 0 Å². The Hall–Kier alpha value is -2.41. The number of methoxy groups -OCH3 is 4. The van der Waals surface area contributed by atoms with Crippen LogP contribution in [-0.2, 0) is 6.54 Å². The molecular formula is C18H20BrNO5. The van der Waals surface area contributed by atoms with Crippen molar-refractivity contribution in [3.8, 4) is 23.0 Å². The molecular weight excluding hydrogens is 390 g/mol. The monoisotopic (exact) mass is 409 g/mol. The summed E-state index contributed by atoms with van der Waals surface area (Å²) < 4.78 is 21.8. The highest BCUT2D eigenvalue weighted by molar-refractivity contribution is 9.10. The minimum absolute atomic E-state index is 0.223. The molecule has 1 N–H and O–H groups in total. The van der Waals surface area contributed by atoms with Gasteiger partial charge in [-0.25, -0.2) is 0 Å². The average molecular weight is 410 g/mol. The van der Waals surface area contributed by atoms with Crippen LogP contribution >= 0.6 is 15.9 Å². The van der Waals surface area contributed by atoms with E-state index >= 15 is 0 Å². The summed E-state index contributed by atoms with van der Waals surface area (Å²) >= 11 is 3.38. The lowest BCUT2D eigenvalue weighted by Gasteiger charge is -2.14. The molecule has 0 bridgehead atoms. The molecule has 0 unspecified atom stereocenters. The molecule has 7 heteroatoms. The second-order valence-corrected chi connectivity index (χ2v) is 5.92. The molecule has 1 amide bonds. The van der Waals surface area contributed by atoms with Crippen molar-refractivity contribution in [2.75, 3.05) is 28.4 Å². The maximum absolute atomic E-state index is 12.5. The smallest absolute Gasteiger partial charge is 0.252 e. The van der Waals surface area contributed by atoms with Gasteiger partial charge in [0.05, 0.1) is 34.0 Å². The number of ether oxygens (including phenoxy) is 4. The van der Waals surface area contributed by atoms with Crippen LogP contribution in [0.2, 0.25) is 0 Å². The summed E-state index contributed by atoms with van der Waals surface area (Å²) in [5.41, 5.74) is 1.31. The van der Waals surface area contributed by atoms with E-state index in [1.54, 1.807) is 58.8 Å². The molecule has 0 atom stereocenters. The molecule has 0 aromatic heterocycles. The summed E-state index contributed by atoms with van der Waals surface area (Å²) in [7, 11) is 6.20. The summed E-state index contributed by atoms with van der Waals surface area (Å²) in [6.07, 6.45) is 0. The Morgan fingerprint density at radius 2 is 1.60 bits per heavy atom. The van der Waals surface area contributed by atoms with Crippen molar-refractivity contribution >= 4 is 21.8 Å². The molecule has 0 saturated carbocycles. The first kappa shape index (κ1) is 18.9. The van der Waals surface area contributed by atoms with E-state index in [4.69, 9.17) is 18.9 Å². The first-order valence-electron chi connectivity index (χ1n) is 7.44. The van der Waals surface area contributed by atoms with E-state index < -0.39 is 0 Å². The zero-order valence-corrected chi connectivity index (χ0v) is 16.1. The van der Waals surface area contributed by atoms with Gasteiger partial charge in [-0.15, -0.1) is 0 Å². The molecule has 2 aromatic carbocycles. The fraction of sp³-hybridized carbons (Fsp3) is 0.278. The molecule has 0 radical (unpaired) electrons. The van der Waals surface area contributed by atoms with Gasteiger partial charge < -0.3 is 24.3 Å². The van der Waals surface area contributed by atoms with E-state index in [1.165, 1.54) is 0 Å². The molecule has 0 fully saturated rings. The Morgan fingerprint density at radius 3 is 2.12 bits per heavy atom. The summed E-state index contributed by atoms with van der Waals surface area (Å²) in [6.45, 7) is 0.305. The highest BCUT2D eigenvalue weighted by Crippen LogP contribution is 2.38. The van der Waals surface area contributed by atoms with Gasteiger partial charge in [0, 0.05) is 11.0 Å². The Labute approximate surface area is 155 Å². The predicted octanol–water partition coefficient (Wildman–Crippen LogP) is 3.41. The van der Waals surface area contributed by atoms with Crippen molar-refractivity contribution in [1.29, 1.82) is 0 Å². The molecule has 6 nitrogen and oxygen atoms in total. The van der Waals surface area contributed by atoms with Crippen LogP contribution in [0.3, 0.4) is 0 Å². The predicted molar refractivity (Wildman–Crippen MR) is 98.0 cm³/mol. The number of rotatable bonds is 7. The van der Waals surface area contributed by atoms with Gasteiger partial charge in [0.15, 0.2) is 11.5 Å². The third-order valence-corrected chi connectivity index (χ3v) is 4.29. The number of benzene rings is 2. The first-order chi connectivity index (χ1) is 12.0. The summed E-state index contributed by atoms with van der Waals surface area (Å²) in [6, 6.07) is 8.81. The standard InChI is InChI=1S/C18H20BrNO5/c1-22-12-5-6-14(19)13(9-12)18(21)20-10-11-7-15(23-2)17(25-4)16(8-11)24-3/h5-9H,10H2,1-4H3,(H,20,21). The van der Waals surface area contributed by atoms with Gasteiger partial charge >= 0.3 is 0 Å². The van der Waals surface area contributed by atoms with Crippen LogP contribution in [0.4, 0.5) is 0 Å². The largest absolute Gasteiger partial charge is 0.497 e. The quantitative estimate of drug-likeness (QED) is 0.758. The molecule has 0 heterocycles. The van der Waals surface area contributed by atoms with Crippen LogP contribution in [0.5, 0.6) is 23.0 Å². The summed E-state index contributed by atoms with van der Waals surface area (Å²) in [5.74, 6) is 1.97. The molecule has 0 aliphatic heterocycles. The number of carbonyl (C=O) groups is 1. The van der Waals surface area contributed by atoms with Crippen molar-refractivity contribution in [2.45, 2.75) is 6.54 Å². The third-order valence-electron chi connectivity index (χ3n) is 3.60. The first-order valence-corrected chi connectivity index (χ1v) is 8.24. The van der Waals surface area contributed by atoms with E-state index in [1.807, 2.05) is 0 Å². The van der Waals surface area contributed by atoms with Gasteiger partial charge in [-0.3, -0.25) is 4.79 Å². The van der Waals surface area contributed by atoms with Crippen molar-refractivity contribution in [1.82, 2.24) is 5.32 Å². The SMILES string of the molecule is COc1ccc(Br)c(C(=O)NCc2cc(OC)c(OC)c(OC)c2)c1. The number of hydrogen-bond acceptors (Lipinski definition) is 5. The minimum atomic E-state index is -0.223. The molecule has 134 valence electrons. The molecule has 0 aliphatic rings. The highest BCUT2D eigenvalue weighted by Gasteiger charge is 2.15. The van der Waals surface area contributed by atoms with Gasteiger partial charge in [-0.1, -0.05) is 0 Å². The third kappa shape index (κ3) is 4.36. The second-order valence-electron chi connectivity index (χ2n) is 5.06. The van der Waals surface area contributed by atoms with E-state index in [0.717, 1.165) is 5.56 Å². The Morgan fingerprint density at radius 1 is 0.960 bits per heavy atom. The van der Waals surface area contributed by atoms with Crippen molar-refractivity contribution in [3.63, 3.8) is 0 Å². The molecule has 0 saturated heterocycles. The fourth-order valence-corrected chi connectivity index (χ4v) is 2.75. The molecule has 25 heavy (non-hydrogen) atoms. The zero-order valence-electron chi connectivity index (χ0n) is 14.5. The number of hydrogen-bond donors (Lipinski definition) is 1. The lowest BCUT2D eigenvalue weighted by Crippen LogP contribution is -2.23. The van der Waals surface area contributed by atoms with Gasteiger partial charge in [-0.05, 0) is 51.8 Å². The van der Waals surface area contributed by atoms with Gasteiger partial charge in [0.25, 0.3) is 5.91 Å². The average Bonchev–Trinajstić information content (AvgIpc) is 2.65. The number of carbonyl (C=O) groups excluding carboxylic acids is 1. The highest BCUT2D eigenvalue weighted by atomic mass is 79.9. The minimum Gasteiger partial charge on any atom is -0.497 e. The van der Waals surface area contributed by atoms with Crippen molar-refractivity contribution < 1.29 is 23.7 Å². The van der Waals surface area contributed by atoms with Crippen molar-refractivity contribution in [2.24, 2.45) is 0 Å². The maximum atomic E-state index is 12.5. The second kappa shape index (κ2) is 8.62. The van der Waals surface area contributed by atoms with Crippen LogP contribution in [0.25, 0.3) is 0 Å². The van der Waals surface area contributed by atoms with Crippen LogP contribution < -0.4 is 24.3 Å². The molecule has 2 rings (SSSR count). The zero-order chi connectivity index (χ0) is 18.4. The van der Waals surface area contributed by atoms with Gasteiger partial charge in [0.2, 0.25) is 5.75 Å². The van der Waals surface area contributed by atoms with E-state index in [-0.39, 0.29) is 5.91 Å². The normalized spacial score (nSPS) is 10.1. The van der Waals surface area contributed by atoms with E-state index in [0.29, 0.717) is 39.6 Å². The number of amides is 1. The molecule has 2 aromatic rings. The summed E-state index contributed by atoms with van der Waals surface area (Å²) in [5, 5.41) is 2.87. The van der Waals surface area contributed by atoms with E-state index in [2.05, 4.69) is 21.2 Å². The van der Waals surface area contributed by atoms with E-state index in [9.17, 15) is 4.79 Å². The number of halogens is 1. The van der Waals surface area contributed by atoms with Crippen LogP contribution in [-0.4, -0.2) is 34.3 Å². The van der Waals surface area contributed by atoms with Crippen LogP contribution in [0, 0.1) is 0 Å². The Kier molecular flexibility index (Phi) is 6.52. The Bertz CT molecular complexity index is 738. The lowest BCUT2D eigenvalue weighted by molar-refractivity contribution is 0.0949.